The Labute approximate surface area is 76.1 Å². The van der Waals surface area contributed by atoms with Gasteiger partial charge in [0.05, 0.1) is 0 Å². The SMILES string of the molecule is CNCCCSc1nnc(C)o1. The van der Waals surface area contributed by atoms with E-state index in [2.05, 4.69) is 15.5 Å². The maximum atomic E-state index is 5.18. The standard InChI is InChI=1S/C7H13N3OS/c1-6-9-10-7(11-6)12-5-3-4-8-2/h8H,3-5H2,1-2H3. The molecule has 0 bridgehead atoms. The predicted molar refractivity (Wildman–Crippen MR) is 48.3 cm³/mol. The summed E-state index contributed by atoms with van der Waals surface area (Å²) in [5.41, 5.74) is 0. The third-order valence-corrected chi connectivity index (χ3v) is 2.21. The van der Waals surface area contributed by atoms with E-state index in [0.717, 1.165) is 18.7 Å². The Kier molecular flexibility index (Phi) is 4.10. The molecule has 1 aromatic rings. The van der Waals surface area contributed by atoms with Crippen molar-refractivity contribution in [3.63, 3.8) is 0 Å². The Morgan fingerprint density at radius 2 is 2.33 bits per heavy atom. The first kappa shape index (κ1) is 9.54. The molecule has 0 radical (unpaired) electrons. The summed E-state index contributed by atoms with van der Waals surface area (Å²) in [5.74, 6) is 1.65. The molecule has 0 saturated carbocycles. The van der Waals surface area contributed by atoms with Crippen molar-refractivity contribution >= 4 is 11.8 Å². The molecule has 4 nitrogen and oxygen atoms in total. The van der Waals surface area contributed by atoms with E-state index in [1.54, 1.807) is 18.7 Å². The zero-order valence-corrected chi connectivity index (χ0v) is 8.15. The lowest BCUT2D eigenvalue weighted by Crippen LogP contribution is -2.07. The largest absolute Gasteiger partial charge is 0.416 e. The number of hydrogen-bond acceptors (Lipinski definition) is 5. The van der Waals surface area contributed by atoms with E-state index in [9.17, 15) is 0 Å². The van der Waals surface area contributed by atoms with E-state index < -0.39 is 0 Å². The van der Waals surface area contributed by atoms with Crippen molar-refractivity contribution < 1.29 is 4.42 Å². The van der Waals surface area contributed by atoms with Crippen LogP contribution < -0.4 is 5.32 Å². The maximum Gasteiger partial charge on any atom is 0.276 e. The van der Waals surface area contributed by atoms with Gasteiger partial charge in [-0.2, -0.15) is 0 Å². The zero-order valence-electron chi connectivity index (χ0n) is 7.33. The molecule has 0 unspecified atom stereocenters. The summed E-state index contributed by atoms with van der Waals surface area (Å²) >= 11 is 1.60. The summed E-state index contributed by atoms with van der Waals surface area (Å²) in [4.78, 5) is 0. The molecule has 0 atom stereocenters. The van der Waals surface area contributed by atoms with E-state index in [-0.39, 0.29) is 0 Å². The molecule has 1 heterocycles. The van der Waals surface area contributed by atoms with Crippen LogP contribution >= 0.6 is 11.8 Å². The summed E-state index contributed by atoms with van der Waals surface area (Å²) in [7, 11) is 1.95. The van der Waals surface area contributed by atoms with E-state index in [0.29, 0.717) is 11.1 Å². The van der Waals surface area contributed by atoms with Crippen LogP contribution in [0, 0.1) is 6.92 Å². The zero-order chi connectivity index (χ0) is 8.81. The molecule has 68 valence electrons. The molecule has 0 aliphatic carbocycles. The lowest BCUT2D eigenvalue weighted by atomic mass is 10.5. The number of nitrogens with one attached hydrogen (secondary N) is 1. The first-order valence-electron chi connectivity index (χ1n) is 3.90. The summed E-state index contributed by atoms with van der Waals surface area (Å²) in [5, 5.41) is 11.4. The van der Waals surface area contributed by atoms with Gasteiger partial charge in [0, 0.05) is 12.7 Å². The van der Waals surface area contributed by atoms with Crippen LogP contribution in [0.3, 0.4) is 0 Å². The highest BCUT2D eigenvalue weighted by Gasteiger charge is 2.00. The fraction of sp³-hybridized carbons (Fsp3) is 0.714. The number of thioether (sulfide) groups is 1. The normalized spacial score (nSPS) is 10.5. The molecular weight excluding hydrogens is 174 g/mol. The number of rotatable bonds is 5. The highest BCUT2D eigenvalue weighted by atomic mass is 32.2. The molecule has 0 spiro atoms. The van der Waals surface area contributed by atoms with Crippen molar-refractivity contribution in [1.29, 1.82) is 0 Å². The van der Waals surface area contributed by atoms with Gasteiger partial charge in [0.2, 0.25) is 5.89 Å². The molecule has 0 amide bonds. The monoisotopic (exact) mass is 187 g/mol. The Morgan fingerprint density at radius 3 is 2.92 bits per heavy atom. The average Bonchev–Trinajstić information content (AvgIpc) is 2.45. The van der Waals surface area contributed by atoms with E-state index >= 15 is 0 Å². The van der Waals surface area contributed by atoms with Crippen molar-refractivity contribution in [2.45, 2.75) is 18.6 Å². The van der Waals surface area contributed by atoms with Crippen LogP contribution in [0.5, 0.6) is 0 Å². The summed E-state index contributed by atoms with van der Waals surface area (Å²) in [6.45, 7) is 2.82. The molecule has 0 aliphatic rings. The van der Waals surface area contributed by atoms with Crippen molar-refractivity contribution in [2.75, 3.05) is 19.3 Å². The summed E-state index contributed by atoms with van der Waals surface area (Å²) in [6.07, 6.45) is 1.11. The van der Waals surface area contributed by atoms with Crippen LogP contribution in [0.25, 0.3) is 0 Å². The van der Waals surface area contributed by atoms with Gasteiger partial charge in [0.1, 0.15) is 0 Å². The van der Waals surface area contributed by atoms with Gasteiger partial charge in [-0.15, -0.1) is 10.2 Å². The van der Waals surface area contributed by atoms with E-state index in [1.165, 1.54) is 0 Å². The first-order valence-corrected chi connectivity index (χ1v) is 4.89. The fourth-order valence-electron chi connectivity index (χ4n) is 0.745. The minimum Gasteiger partial charge on any atom is -0.416 e. The highest BCUT2D eigenvalue weighted by Crippen LogP contribution is 2.15. The van der Waals surface area contributed by atoms with Crippen LogP contribution in [-0.4, -0.2) is 29.5 Å². The van der Waals surface area contributed by atoms with Crippen molar-refractivity contribution in [2.24, 2.45) is 0 Å². The van der Waals surface area contributed by atoms with Gasteiger partial charge < -0.3 is 9.73 Å². The lowest BCUT2D eigenvalue weighted by molar-refractivity contribution is 0.429. The quantitative estimate of drug-likeness (QED) is 0.552. The molecule has 5 heteroatoms. The van der Waals surface area contributed by atoms with Gasteiger partial charge in [0.25, 0.3) is 5.22 Å². The molecule has 0 fully saturated rings. The second kappa shape index (κ2) is 5.16. The molecule has 1 aromatic heterocycles. The first-order chi connectivity index (χ1) is 5.83. The Balaban J connectivity index is 2.15. The van der Waals surface area contributed by atoms with Crippen molar-refractivity contribution in [3.05, 3.63) is 5.89 Å². The van der Waals surface area contributed by atoms with Gasteiger partial charge in [-0.05, 0) is 20.0 Å². The molecule has 1 rings (SSSR count). The molecule has 0 aromatic carbocycles. The Morgan fingerprint density at radius 1 is 1.50 bits per heavy atom. The van der Waals surface area contributed by atoms with Gasteiger partial charge >= 0.3 is 0 Å². The minimum absolute atomic E-state index is 0.631. The Hall–Kier alpha value is -0.550. The Bertz CT molecular complexity index is 226. The third kappa shape index (κ3) is 3.23. The smallest absolute Gasteiger partial charge is 0.276 e. The van der Waals surface area contributed by atoms with Crippen LogP contribution in [0.4, 0.5) is 0 Å². The molecular formula is C7H13N3OS. The number of aromatic nitrogens is 2. The minimum atomic E-state index is 0.631. The van der Waals surface area contributed by atoms with Gasteiger partial charge in [-0.25, -0.2) is 0 Å². The van der Waals surface area contributed by atoms with Crippen molar-refractivity contribution in [1.82, 2.24) is 15.5 Å². The number of aryl methyl sites for hydroxylation is 1. The van der Waals surface area contributed by atoms with E-state index in [4.69, 9.17) is 4.42 Å². The van der Waals surface area contributed by atoms with E-state index in [1.807, 2.05) is 7.05 Å². The number of nitrogens with zero attached hydrogens (tertiary/aromatic N) is 2. The summed E-state index contributed by atoms with van der Waals surface area (Å²) in [6, 6.07) is 0. The number of hydrogen-bond donors (Lipinski definition) is 1. The molecule has 1 N–H and O–H groups in total. The molecule has 12 heavy (non-hydrogen) atoms. The van der Waals surface area contributed by atoms with Crippen LogP contribution in [-0.2, 0) is 0 Å². The molecule has 0 saturated heterocycles. The van der Waals surface area contributed by atoms with Gasteiger partial charge in [-0.1, -0.05) is 11.8 Å². The topological polar surface area (TPSA) is 51.0 Å². The third-order valence-electron chi connectivity index (χ3n) is 1.30. The molecule has 0 aliphatic heterocycles. The fourth-order valence-corrected chi connectivity index (χ4v) is 1.49. The highest BCUT2D eigenvalue weighted by molar-refractivity contribution is 7.99. The van der Waals surface area contributed by atoms with Gasteiger partial charge in [-0.3, -0.25) is 0 Å². The summed E-state index contributed by atoms with van der Waals surface area (Å²) < 4.78 is 5.18. The second-order valence-corrected chi connectivity index (χ2v) is 3.44. The second-order valence-electron chi connectivity index (χ2n) is 2.39. The lowest BCUT2D eigenvalue weighted by Gasteiger charge is -1.95. The van der Waals surface area contributed by atoms with Gasteiger partial charge in [0.15, 0.2) is 0 Å². The maximum absolute atomic E-state index is 5.18. The van der Waals surface area contributed by atoms with Crippen LogP contribution in [0.2, 0.25) is 0 Å². The van der Waals surface area contributed by atoms with Crippen molar-refractivity contribution in [3.8, 4) is 0 Å². The van der Waals surface area contributed by atoms with Crippen LogP contribution in [0.15, 0.2) is 9.64 Å². The average molecular weight is 187 g/mol. The predicted octanol–water partition coefficient (Wildman–Crippen LogP) is 1.08. The van der Waals surface area contributed by atoms with Crippen LogP contribution in [0.1, 0.15) is 12.3 Å².